The molecule has 7 nitrogen and oxygen atoms in total. The summed E-state index contributed by atoms with van der Waals surface area (Å²) in [6, 6.07) is 5.52. The molecule has 0 radical (unpaired) electrons. The van der Waals surface area contributed by atoms with Crippen LogP contribution in [-0.2, 0) is 16.1 Å². The molecule has 0 spiro atoms. The molecule has 3 rings (SSSR count). The smallest absolute Gasteiger partial charge is 0.246 e. The molecular weight excluding hydrogens is 354 g/mol. The van der Waals surface area contributed by atoms with E-state index in [-0.39, 0.29) is 12.0 Å². The molecule has 1 amide bonds. The minimum Gasteiger partial charge on any atom is -0.376 e. The van der Waals surface area contributed by atoms with E-state index in [1.54, 1.807) is 37.1 Å². The van der Waals surface area contributed by atoms with Gasteiger partial charge in [-0.25, -0.2) is 0 Å². The van der Waals surface area contributed by atoms with Gasteiger partial charge in [0.2, 0.25) is 5.91 Å². The predicted octanol–water partition coefficient (Wildman–Crippen LogP) is 2.33. The highest BCUT2D eigenvalue weighted by Crippen LogP contribution is 2.19. The van der Waals surface area contributed by atoms with E-state index in [2.05, 4.69) is 15.4 Å². The first-order chi connectivity index (χ1) is 12.5. The van der Waals surface area contributed by atoms with Gasteiger partial charge in [-0.15, -0.1) is 10.2 Å². The van der Waals surface area contributed by atoms with Gasteiger partial charge in [0, 0.05) is 31.3 Å². The molecule has 0 bridgehead atoms. The Balaban J connectivity index is 1.69. The van der Waals surface area contributed by atoms with Crippen molar-refractivity contribution in [2.45, 2.75) is 32.4 Å². The number of ether oxygens (including phenoxy) is 1. The first-order valence-corrected chi connectivity index (χ1v) is 8.96. The molecular formula is C18H22ClN5O2. The normalized spacial score (nSPS) is 17.1. The molecule has 8 heteroatoms. The summed E-state index contributed by atoms with van der Waals surface area (Å²) < 4.78 is 5.58. The molecule has 1 aromatic heterocycles. The molecule has 2 heterocycles. The number of aryl methyl sites for hydroxylation is 1. The average Bonchev–Trinajstić information content (AvgIpc) is 3.25. The van der Waals surface area contributed by atoms with Crippen molar-refractivity contribution < 1.29 is 9.53 Å². The first-order valence-electron chi connectivity index (χ1n) is 8.59. The van der Waals surface area contributed by atoms with Crippen LogP contribution >= 0.6 is 11.6 Å². The molecule has 1 aromatic carbocycles. The Morgan fingerprint density at radius 2 is 2.35 bits per heavy atom. The third-order valence-corrected chi connectivity index (χ3v) is 4.49. The molecule has 138 valence electrons. The van der Waals surface area contributed by atoms with Gasteiger partial charge in [-0.3, -0.25) is 4.79 Å². The summed E-state index contributed by atoms with van der Waals surface area (Å²) >= 11 is 6.12. The van der Waals surface area contributed by atoms with Crippen LogP contribution in [0, 0.1) is 6.92 Å². The van der Waals surface area contributed by atoms with E-state index in [9.17, 15) is 4.79 Å². The number of likely N-dealkylation sites (N-methyl/N-ethyl adjacent to an activating group) is 1. The Bertz CT molecular complexity index is 799. The number of carbonyl (C=O) groups excluding carboxylic acids is 1. The highest BCUT2D eigenvalue weighted by atomic mass is 35.5. The molecule has 0 saturated carbocycles. The molecule has 2 aromatic rings. The quantitative estimate of drug-likeness (QED) is 0.724. The second-order valence-corrected chi connectivity index (χ2v) is 6.83. The van der Waals surface area contributed by atoms with Gasteiger partial charge < -0.3 is 9.64 Å². The lowest BCUT2D eigenvalue weighted by molar-refractivity contribution is -0.126. The fraction of sp³-hybridized carbons (Fsp3) is 0.444. The summed E-state index contributed by atoms with van der Waals surface area (Å²) in [5.74, 6) is 0.547. The number of benzene rings is 1. The standard InChI is InChI=1S/C18H22ClN5O2/c1-13-20-22-24(21-13)11-15-10-16(19)7-5-14(15)6-8-18(25)23(2)12-17-4-3-9-26-17/h5-8,10,17H,3-4,9,11-12H2,1-2H3. The van der Waals surface area contributed by atoms with Crippen molar-refractivity contribution >= 4 is 23.6 Å². The fourth-order valence-corrected chi connectivity index (χ4v) is 3.08. The summed E-state index contributed by atoms with van der Waals surface area (Å²) in [5.41, 5.74) is 1.81. The number of rotatable bonds is 6. The van der Waals surface area contributed by atoms with Crippen LogP contribution in [0.4, 0.5) is 0 Å². The number of carbonyl (C=O) groups is 1. The zero-order valence-electron chi connectivity index (χ0n) is 14.9. The van der Waals surface area contributed by atoms with Crippen molar-refractivity contribution in [2.24, 2.45) is 0 Å². The van der Waals surface area contributed by atoms with Gasteiger partial charge in [0.25, 0.3) is 0 Å². The molecule has 1 fully saturated rings. The molecule has 1 unspecified atom stereocenters. The van der Waals surface area contributed by atoms with Gasteiger partial charge in [-0.05, 0) is 54.3 Å². The highest BCUT2D eigenvalue weighted by Gasteiger charge is 2.19. The Kier molecular flexibility index (Phi) is 6.00. The van der Waals surface area contributed by atoms with E-state index in [1.807, 2.05) is 12.1 Å². The maximum Gasteiger partial charge on any atom is 0.246 e. The number of halogens is 1. The van der Waals surface area contributed by atoms with E-state index < -0.39 is 0 Å². The fourth-order valence-electron chi connectivity index (χ4n) is 2.89. The number of tetrazole rings is 1. The van der Waals surface area contributed by atoms with Crippen molar-refractivity contribution in [1.29, 1.82) is 0 Å². The zero-order valence-corrected chi connectivity index (χ0v) is 15.7. The van der Waals surface area contributed by atoms with Crippen LogP contribution < -0.4 is 0 Å². The Morgan fingerprint density at radius 3 is 3.04 bits per heavy atom. The van der Waals surface area contributed by atoms with Gasteiger partial charge in [0.05, 0.1) is 12.6 Å². The van der Waals surface area contributed by atoms with Crippen molar-refractivity contribution in [3.8, 4) is 0 Å². The Labute approximate surface area is 157 Å². The zero-order chi connectivity index (χ0) is 18.5. The molecule has 0 N–H and O–H groups in total. The SMILES string of the molecule is Cc1nnn(Cc2cc(Cl)ccc2C=CC(=O)N(C)CC2CCCO2)n1. The minimum absolute atomic E-state index is 0.0591. The average molecular weight is 376 g/mol. The number of hydrogen-bond acceptors (Lipinski definition) is 5. The van der Waals surface area contributed by atoms with Gasteiger partial charge in [0.1, 0.15) is 0 Å². The summed E-state index contributed by atoms with van der Waals surface area (Å²) in [6.07, 6.45) is 5.58. The van der Waals surface area contributed by atoms with Crippen molar-refractivity contribution in [1.82, 2.24) is 25.1 Å². The van der Waals surface area contributed by atoms with Crippen molar-refractivity contribution in [3.05, 3.63) is 46.2 Å². The lowest BCUT2D eigenvalue weighted by Crippen LogP contribution is -2.32. The van der Waals surface area contributed by atoms with Crippen LogP contribution in [0.25, 0.3) is 6.08 Å². The summed E-state index contributed by atoms with van der Waals surface area (Å²) in [5, 5.41) is 12.7. The number of amides is 1. The van der Waals surface area contributed by atoms with Crippen molar-refractivity contribution in [2.75, 3.05) is 20.2 Å². The largest absolute Gasteiger partial charge is 0.376 e. The maximum absolute atomic E-state index is 12.4. The van der Waals surface area contributed by atoms with E-state index >= 15 is 0 Å². The van der Waals surface area contributed by atoms with Crippen LogP contribution in [-0.4, -0.2) is 57.3 Å². The first kappa shape index (κ1) is 18.5. The van der Waals surface area contributed by atoms with E-state index in [4.69, 9.17) is 16.3 Å². The molecule has 1 aliphatic heterocycles. The van der Waals surface area contributed by atoms with E-state index in [0.29, 0.717) is 23.9 Å². The van der Waals surface area contributed by atoms with Crippen molar-refractivity contribution in [3.63, 3.8) is 0 Å². The van der Waals surface area contributed by atoms with Crippen LogP contribution in [0.3, 0.4) is 0 Å². The maximum atomic E-state index is 12.4. The molecule has 0 aliphatic carbocycles. The lowest BCUT2D eigenvalue weighted by Gasteiger charge is -2.19. The predicted molar refractivity (Wildman–Crippen MR) is 98.8 cm³/mol. The second kappa shape index (κ2) is 8.42. The summed E-state index contributed by atoms with van der Waals surface area (Å²) in [6.45, 7) is 3.61. The minimum atomic E-state index is -0.0591. The van der Waals surface area contributed by atoms with Gasteiger partial charge in [0.15, 0.2) is 5.82 Å². The highest BCUT2D eigenvalue weighted by molar-refractivity contribution is 6.30. The molecule has 1 saturated heterocycles. The second-order valence-electron chi connectivity index (χ2n) is 6.40. The third-order valence-electron chi connectivity index (χ3n) is 4.25. The van der Waals surface area contributed by atoms with Gasteiger partial charge >= 0.3 is 0 Å². The summed E-state index contributed by atoms with van der Waals surface area (Å²) in [7, 11) is 1.79. The van der Waals surface area contributed by atoms with Crippen LogP contribution in [0.1, 0.15) is 29.8 Å². The number of aromatic nitrogens is 4. The van der Waals surface area contributed by atoms with E-state index in [0.717, 1.165) is 30.6 Å². The van der Waals surface area contributed by atoms with E-state index in [1.165, 1.54) is 4.80 Å². The van der Waals surface area contributed by atoms with Crippen LogP contribution in [0.15, 0.2) is 24.3 Å². The Hall–Kier alpha value is -2.25. The molecule has 1 atom stereocenters. The monoisotopic (exact) mass is 375 g/mol. The number of hydrogen-bond donors (Lipinski definition) is 0. The topological polar surface area (TPSA) is 73.1 Å². The molecule has 1 aliphatic rings. The van der Waals surface area contributed by atoms with Gasteiger partial charge in [-0.1, -0.05) is 17.7 Å². The summed E-state index contributed by atoms with van der Waals surface area (Å²) in [4.78, 5) is 15.6. The lowest BCUT2D eigenvalue weighted by atomic mass is 10.1. The third kappa shape index (κ3) is 4.89. The van der Waals surface area contributed by atoms with Crippen LogP contribution in [0.2, 0.25) is 5.02 Å². The number of nitrogens with zero attached hydrogens (tertiary/aromatic N) is 5. The van der Waals surface area contributed by atoms with Gasteiger partial charge in [-0.2, -0.15) is 4.80 Å². The Morgan fingerprint density at radius 1 is 1.50 bits per heavy atom. The molecule has 26 heavy (non-hydrogen) atoms. The van der Waals surface area contributed by atoms with Crippen LogP contribution in [0.5, 0.6) is 0 Å².